The molecule has 0 aromatic heterocycles. The second-order valence-corrected chi connectivity index (χ2v) is 12.0. The highest BCUT2D eigenvalue weighted by Crippen LogP contribution is 2.83. The van der Waals surface area contributed by atoms with Crippen LogP contribution < -0.4 is 0 Å². The van der Waals surface area contributed by atoms with E-state index in [0.717, 1.165) is 5.75 Å². The molecule has 2 aliphatic carbocycles. The highest BCUT2D eigenvalue weighted by molar-refractivity contribution is 8.22. The second-order valence-electron chi connectivity index (χ2n) is 8.99. The molecular weight excluding hydrogens is 300 g/mol. The lowest BCUT2D eigenvalue weighted by Crippen LogP contribution is -2.75. The van der Waals surface area contributed by atoms with Crippen molar-refractivity contribution in [3.8, 4) is 0 Å². The van der Waals surface area contributed by atoms with Crippen molar-refractivity contribution in [1.82, 2.24) is 0 Å². The van der Waals surface area contributed by atoms with Gasteiger partial charge in [0.05, 0.1) is 8.83 Å². The monoisotopic (exact) mass is 326 g/mol. The summed E-state index contributed by atoms with van der Waals surface area (Å²) >= 11 is 3.87. The lowest BCUT2D eigenvalue weighted by atomic mass is 9.47. The average molecular weight is 327 g/mol. The van der Waals surface area contributed by atoms with Gasteiger partial charge in [-0.05, 0) is 0 Å². The lowest BCUT2D eigenvalue weighted by molar-refractivity contribution is -0.158. The maximum Gasteiger partial charge on any atom is 0.148 e. The van der Waals surface area contributed by atoms with Crippen molar-refractivity contribution in [2.45, 2.75) is 64.2 Å². The van der Waals surface area contributed by atoms with Gasteiger partial charge < -0.3 is 0 Å². The molecule has 1 heterocycles. The summed E-state index contributed by atoms with van der Waals surface area (Å²) in [6.45, 7) is 16.7. The Kier molecular flexibility index (Phi) is 2.71. The van der Waals surface area contributed by atoms with E-state index < -0.39 is 0 Å². The molecule has 1 aliphatic heterocycles. The average Bonchev–Trinajstić information content (AvgIpc) is 2.82. The Labute approximate surface area is 136 Å². The zero-order valence-corrected chi connectivity index (χ0v) is 16.0. The quantitative estimate of drug-likeness (QED) is 0.669. The molecule has 0 aromatic rings. The topological polar surface area (TPSA) is 34.1 Å². The van der Waals surface area contributed by atoms with Crippen LogP contribution in [0.2, 0.25) is 0 Å². The Hall–Kier alpha value is 0.0400. The fourth-order valence-electron chi connectivity index (χ4n) is 5.41. The van der Waals surface area contributed by atoms with Gasteiger partial charge in [0.2, 0.25) is 0 Å². The van der Waals surface area contributed by atoms with Crippen molar-refractivity contribution < 1.29 is 9.59 Å². The predicted molar refractivity (Wildman–Crippen MR) is 90.6 cm³/mol. The molecule has 0 radical (unpaired) electrons. The van der Waals surface area contributed by atoms with E-state index in [9.17, 15) is 9.59 Å². The summed E-state index contributed by atoms with van der Waals surface area (Å²) in [6, 6.07) is 0. The molecule has 3 aliphatic rings. The Balaban J connectivity index is 2.08. The first-order valence-corrected chi connectivity index (χ1v) is 9.46. The first kappa shape index (κ1) is 15.9. The molecule has 0 N–H and O–H groups in total. The summed E-state index contributed by atoms with van der Waals surface area (Å²) in [5, 5.41) is 0. The summed E-state index contributed by atoms with van der Waals surface area (Å²) in [6.07, 6.45) is 0. The smallest absolute Gasteiger partial charge is 0.148 e. The van der Waals surface area contributed by atoms with Gasteiger partial charge in [0.1, 0.15) is 11.6 Å². The fraction of sp³-hybridized carbons (Fsp3) is 0.882. The number of hydrogen-bond acceptors (Lipinski definition) is 4. The maximum absolute atomic E-state index is 12.6. The fourth-order valence-corrected chi connectivity index (χ4v) is 10.6. The van der Waals surface area contributed by atoms with Crippen LogP contribution in [0.1, 0.15) is 55.4 Å². The SMILES string of the molecule is CC1(C)C(=O)C(C)(C)C12CSC1(S2)C(C)(C)C(=O)C1(C)C. The third kappa shape index (κ3) is 1.22. The molecule has 118 valence electrons. The molecular formula is C17H26O2S2. The van der Waals surface area contributed by atoms with Crippen molar-refractivity contribution in [3.05, 3.63) is 0 Å². The molecule has 2 spiro atoms. The van der Waals surface area contributed by atoms with Crippen LogP contribution in [0, 0.1) is 21.7 Å². The van der Waals surface area contributed by atoms with E-state index in [2.05, 4.69) is 55.4 Å². The summed E-state index contributed by atoms with van der Waals surface area (Å²) in [4.78, 5) is 25.2. The first-order valence-electron chi connectivity index (χ1n) is 7.66. The number of Topliss-reactive ketones (excluding diaryl/α,β-unsaturated/α-hetero) is 2. The number of hydrogen-bond donors (Lipinski definition) is 0. The summed E-state index contributed by atoms with van der Waals surface area (Å²) in [5.41, 5.74) is -1.24. The number of carbonyl (C=O) groups excluding carboxylic acids is 2. The molecule has 0 bridgehead atoms. The van der Waals surface area contributed by atoms with Gasteiger partial charge in [-0.15, -0.1) is 23.5 Å². The first-order chi connectivity index (χ1) is 9.22. The summed E-state index contributed by atoms with van der Waals surface area (Å²) < 4.78 is -0.163. The minimum Gasteiger partial charge on any atom is -0.298 e. The van der Waals surface area contributed by atoms with E-state index in [1.807, 2.05) is 23.5 Å². The van der Waals surface area contributed by atoms with E-state index in [0.29, 0.717) is 11.6 Å². The third-order valence-electron chi connectivity index (χ3n) is 6.73. The highest BCUT2D eigenvalue weighted by atomic mass is 32.2. The van der Waals surface area contributed by atoms with Gasteiger partial charge in [-0.3, -0.25) is 9.59 Å². The van der Waals surface area contributed by atoms with Crippen LogP contribution in [0.4, 0.5) is 0 Å². The maximum atomic E-state index is 12.6. The Morgan fingerprint density at radius 1 is 0.714 bits per heavy atom. The molecule has 0 amide bonds. The van der Waals surface area contributed by atoms with Crippen LogP contribution in [0.5, 0.6) is 0 Å². The summed E-state index contributed by atoms with van der Waals surface area (Å²) in [7, 11) is 0. The second kappa shape index (κ2) is 3.58. The normalized spacial score (nSPS) is 35.6. The van der Waals surface area contributed by atoms with Gasteiger partial charge in [-0.2, -0.15) is 0 Å². The standard InChI is InChI=1S/C17H26O2S2/c1-12(2)10(18)13(3,4)16(12)9-20-17(21-16)14(5,6)11(19)15(17,7)8/h9H2,1-8H3. The molecule has 3 rings (SSSR count). The van der Waals surface area contributed by atoms with Crippen molar-refractivity contribution in [3.63, 3.8) is 0 Å². The van der Waals surface area contributed by atoms with E-state index in [4.69, 9.17) is 0 Å². The van der Waals surface area contributed by atoms with Gasteiger partial charge in [-0.1, -0.05) is 55.4 Å². The third-order valence-corrected chi connectivity index (χ3v) is 12.3. The van der Waals surface area contributed by atoms with Crippen LogP contribution in [-0.2, 0) is 9.59 Å². The molecule has 3 fully saturated rings. The van der Waals surface area contributed by atoms with Crippen LogP contribution >= 0.6 is 23.5 Å². The number of rotatable bonds is 0. The lowest BCUT2D eigenvalue weighted by Gasteiger charge is -2.67. The van der Waals surface area contributed by atoms with Gasteiger partial charge >= 0.3 is 0 Å². The van der Waals surface area contributed by atoms with Crippen LogP contribution in [-0.4, -0.2) is 26.1 Å². The molecule has 4 heteroatoms. The molecule has 2 nitrogen and oxygen atoms in total. The largest absolute Gasteiger partial charge is 0.298 e. The molecule has 1 saturated heterocycles. The van der Waals surface area contributed by atoms with Crippen molar-refractivity contribution in [1.29, 1.82) is 0 Å². The predicted octanol–water partition coefficient (Wildman–Crippen LogP) is 4.17. The molecule has 21 heavy (non-hydrogen) atoms. The van der Waals surface area contributed by atoms with E-state index in [1.165, 1.54) is 0 Å². The van der Waals surface area contributed by atoms with Gasteiger partial charge in [0.15, 0.2) is 0 Å². The van der Waals surface area contributed by atoms with E-state index in [-0.39, 0.29) is 30.5 Å². The van der Waals surface area contributed by atoms with Crippen LogP contribution in [0.15, 0.2) is 0 Å². The number of carbonyl (C=O) groups is 2. The minimum absolute atomic E-state index is 0.0585. The molecule has 0 atom stereocenters. The molecule has 2 saturated carbocycles. The van der Waals surface area contributed by atoms with Crippen molar-refractivity contribution in [2.24, 2.45) is 21.7 Å². The Morgan fingerprint density at radius 2 is 1.10 bits per heavy atom. The van der Waals surface area contributed by atoms with Gasteiger partial charge in [0.25, 0.3) is 0 Å². The zero-order chi connectivity index (χ0) is 16.3. The molecule has 0 unspecified atom stereocenters. The van der Waals surface area contributed by atoms with Crippen LogP contribution in [0.25, 0.3) is 0 Å². The minimum atomic E-state index is -0.319. The van der Waals surface area contributed by atoms with Gasteiger partial charge in [0, 0.05) is 27.4 Å². The van der Waals surface area contributed by atoms with E-state index in [1.54, 1.807) is 0 Å². The number of ketones is 2. The zero-order valence-electron chi connectivity index (χ0n) is 14.3. The summed E-state index contributed by atoms with van der Waals surface area (Å²) in [5.74, 6) is 1.68. The van der Waals surface area contributed by atoms with Crippen molar-refractivity contribution in [2.75, 3.05) is 5.75 Å². The van der Waals surface area contributed by atoms with Crippen molar-refractivity contribution >= 4 is 35.1 Å². The van der Waals surface area contributed by atoms with Gasteiger partial charge in [-0.25, -0.2) is 0 Å². The Morgan fingerprint density at radius 3 is 1.52 bits per heavy atom. The number of thioether (sulfide) groups is 2. The Bertz CT molecular complexity index is 483. The highest BCUT2D eigenvalue weighted by Gasteiger charge is 2.84. The van der Waals surface area contributed by atoms with Crippen LogP contribution in [0.3, 0.4) is 0 Å². The molecule has 0 aromatic carbocycles. The van der Waals surface area contributed by atoms with E-state index >= 15 is 0 Å².